The molecule has 2 N–H and O–H groups in total. The van der Waals surface area contributed by atoms with E-state index in [0.717, 1.165) is 12.8 Å². The fourth-order valence-electron chi connectivity index (χ4n) is 2.45. The van der Waals surface area contributed by atoms with Crippen molar-refractivity contribution in [2.45, 2.75) is 38.2 Å². The van der Waals surface area contributed by atoms with E-state index in [-0.39, 0.29) is 33.8 Å². The Morgan fingerprint density at radius 2 is 1.93 bits per heavy atom. The number of benzene rings is 2. The quantitative estimate of drug-likeness (QED) is 0.527. The predicted molar refractivity (Wildman–Crippen MR) is 110 cm³/mol. The Hall–Kier alpha value is -1.47. The second-order valence-electron chi connectivity index (χ2n) is 5.97. The average Bonchev–Trinajstić information content (AvgIpc) is 2.66. The number of aliphatic hydroxyl groups is 1. The molecule has 2 aromatic rings. The summed E-state index contributed by atoms with van der Waals surface area (Å²) in [6.07, 6.45) is 1.87. The summed E-state index contributed by atoms with van der Waals surface area (Å²) in [6.45, 7) is 3.97. The highest BCUT2D eigenvalue weighted by Gasteiger charge is 2.24. The minimum atomic E-state index is -3.61. The predicted octanol–water partition coefficient (Wildman–Crippen LogP) is 5.28. The molecule has 148 valence electrons. The standard InChI is InChI=1S/C19H23Cl2NO4S/c1-3-5-9-22-15-10-13(12-23)11-17(27(24,25)4-2)19(15)26-16-8-6-7-14(20)18(16)21/h6-8,10-11,22-23H,3-5,9,12H2,1-2H3. The van der Waals surface area contributed by atoms with Crippen molar-refractivity contribution in [3.8, 4) is 11.5 Å². The van der Waals surface area contributed by atoms with Gasteiger partial charge in [-0.25, -0.2) is 8.42 Å². The first-order valence-corrected chi connectivity index (χ1v) is 11.1. The van der Waals surface area contributed by atoms with Gasteiger partial charge in [0.2, 0.25) is 0 Å². The Balaban J connectivity index is 2.64. The van der Waals surface area contributed by atoms with Gasteiger partial charge in [-0.3, -0.25) is 0 Å². The molecule has 0 atom stereocenters. The summed E-state index contributed by atoms with van der Waals surface area (Å²) in [4.78, 5) is 0.00610. The zero-order chi connectivity index (χ0) is 20.0. The fraction of sp³-hybridized carbons (Fsp3) is 0.368. The van der Waals surface area contributed by atoms with Gasteiger partial charge in [0.05, 0.1) is 23.1 Å². The van der Waals surface area contributed by atoms with E-state index in [9.17, 15) is 13.5 Å². The number of ether oxygens (including phenoxy) is 1. The van der Waals surface area contributed by atoms with Gasteiger partial charge in [0, 0.05) is 6.54 Å². The first kappa shape index (κ1) is 21.8. The number of aliphatic hydroxyl groups excluding tert-OH is 1. The van der Waals surface area contributed by atoms with Crippen molar-refractivity contribution in [1.82, 2.24) is 0 Å². The number of halogens is 2. The number of anilines is 1. The molecule has 5 nitrogen and oxygen atoms in total. The van der Waals surface area contributed by atoms with Crippen LogP contribution in [0.25, 0.3) is 0 Å². The van der Waals surface area contributed by atoms with Crippen molar-refractivity contribution in [2.75, 3.05) is 17.6 Å². The normalized spacial score (nSPS) is 11.4. The van der Waals surface area contributed by atoms with Crippen LogP contribution in [0.5, 0.6) is 11.5 Å². The molecule has 2 rings (SSSR count). The molecule has 2 aromatic carbocycles. The van der Waals surface area contributed by atoms with Crippen molar-refractivity contribution in [1.29, 1.82) is 0 Å². The molecule has 27 heavy (non-hydrogen) atoms. The molecule has 0 aliphatic heterocycles. The third kappa shape index (κ3) is 5.29. The lowest BCUT2D eigenvalue weighted by Gasteiger charge is -2.19. The smallest absolute Gasteiger partial charge is 0.181 e. The maximum atomic E-state index is 12.7. The van der Waals surface area contributed by atoms with Gasteiger partial charge in [-0.2, -0.15) is 0 Å². The zero-order valence-corrected chi connectivity index (χ0v) is 17.6. The van der Waals surface area contributed by atoms with E-state index in [0.29, 0.717) is 22.8 Å². The van der Waals surface area contributed by atoms with Gasteiger partial charge < -0.3 is 15.2 Å². The summed E-state index contributed by atoms with van der Waals surface area (Å²) in [5.41, 5.74) is 0.962. The summed E-state index contributed by atoms with van der Waals surface area (Å²) in [6, 6.07) is 8.02. The molecule has 0 aromatic heterocycles. The number of sulfone groups is 1. The van der Waals surface area contributed by atoms with E-state index in [4.69, 9.17) is 27.9 Å². The second kappa shape index (κ2) is 9.64. The summed E-state index contributed by atoms with van der Waals surface area (Å²) >= 11 is 12.3. The summed E-state index contributed by atoms with van der Waals surface area (Å²) in [5.74, 6) is 0.303. The Kier molecular flexibility index (Phi) is 7.79. The maximum Gasteiger partial charge on any atom is 0.181 e. The molecule has 0 aliphatic rings. The number of unbranched alkanes of at least 4 members (excludes halogenated alkanes) is 1. The highest BCUT2D eigenvalue weighted by atomic mass is 35.5. The van der Waals surface area contributed by atoms with Crippen molar-refractivity contribution in [2.24, 2.45) is 0 Å². The second-order valence-corrected chi connectivity index (χ2v) is 9.00. The fourth-order valence-corrected chi connectivity index (χ4v) is 3.85. The lowest BCUT2D eigenvalue weighted by molar-refractivity contribution is 0.281. The van der Waals surface area contributed by atoms with Crippen molar-refractivity contribution < 1.29 is 18.3 Å². The van der Waals surface area contributed by atoms with Gasteiger partial charge in [0.15, 0.2) is 15.6 Å². The van der Waals surface area contributed by atoms with Crippen LogP contribution in [0.2, 0.25) is 10.0 Å². The van der Waals surface area contributed by atoms with E-state index >= 15 is 0 Å². The van der Waals surface area contributed by atoms with Gasteiger partial charge in [-0.05, 0) is 36.2 Å². The topological polar surface area (TPSA) is 75.6 Å². The lowest BCUT2D eigenvalue weighted by Crippen LogP contribution is -2.10. The molecule has 0 heterocycles. The van der Waals surface area contributed by atoms with Crippen LogP contribution in [0, 0.1) is 0 Å². The van der Waals surface area contributed by atoms with E-state index in [1.54, 1.807) is 31.2 Å². The highest BCUT2D eigenvalue weighted by molar-refractivity contribution is 7.91. The molecule has 0 unspecified atom stereocenters. The maximum absolute atomic E-state index is 12.7. The molecule has 0 aliphatic carbocycles. The van der Waals surface area contributed by atoms with Crippen LogP contribution < -0.4 is 10.1 Å². The van der Waals surface area contributed by atoms with E-state index in [1.807, 2.05) is 0 Å². The Morgan fingerprint density at radius 1 is 1.19 bits per heavy atom. The molecule has 0 saturated heterocycles. The molecule has 0 radical (unpaired) electrons. The van der Waals surface area contributed by atoms with Crippen LogP contribution in [-0.4, -0.2) is 25.8 Å². The van der Waals surface area contributed by atoms with Gasteiger partial charge in [-0.1, -0.05) is 49.5 Å². The minimum Gasteiger partial charge on any atom is -0.452 e. The number of hydrogen-bond donors (Lipinski definition) is 2. The van der Waals surface area contributed by atoms with Gasteiger partial charge in [0.25, 0.3) is 0 Å². The average molecular weight is 432 g/mol. The number of hydrogen-bond acceptors (Lipinski definition) is 5. The van der Waals surface area contributed by atoms with Crippen molar-refractivity contribution >= 4 is 38.7 Å². The number of rotatable bonds is 9. The molecule has 8 heteroatoms. The largest absolute Gasteiger partial charge is 0.452 e. The van der Waals surface area contributed by atoms with Crippen molar-refractivity contribution in [3.05, 3.63) is 45.9 Å². The SMILES string of the molecule is CCCCNc1cc(CO)cc(S(=O)(=O)CC)c1Oc1cccc(Cl)c1Cl. The molecule has 0 fully saturated rings. The van der Waals surface area contributed by atoms with E-state index in [1.165, 1.54) is 6.07 Å². The van der Waals surface area contributed by atoms with Crippen LogP contribution in [0.15, 0.2) is 35.2 Å². The van der Waals surface area contributed by atoms with Crippen LogP contribution in [-0.2, 0) is 16.4 Å². The van der Waals surface area contributed by atoms with Crippen molar-refractivity contribution in [3.63, 3.8) is 0 Å². The lowest BCUT2D eigenvalue weighted by atomic mass is 10.2. The summed E-state index contributed by atoms with van der Waals surface area (Å²) in [5, 5.41) is 13.3. The molecule has 0 saturated carbocycles. The van der Waals surface area contributed by atoms with Gasteiger partial charge in [0.1, 0.15) is 15.7 Å². The van der Waals surface area contributed by atoms with E-state index in [2.05, 4.69) is 12.2 Å². The number of nitrogens with one attached hydrogen (secondary N) is 1. The summed E-state index contributed by atoms with van der Waals surface area (Å²) in [7, 11) is -3.61. The Bertz CT molecular complexity index is 901. The molecule has 0 spiro atoms. The van der Waals surface area contributed by atoms with Gasteiger partial charge in [-0.15, -0.1) is 0 Å². The van der Waals surface area contributed by atoms with Crippen LogP contribution in [0.3, 0.4) is 0 Å². The molecule has 0 amide bonds. The third-order valence-electron chi connectivity index (χ3n) is 3.99. The van der Waals surface area contributed by atoms with Gasteiger partial charge >= 0.3 is 0 Å². The van der Waals surface area contributed by atoms with Crippen LogP contribution in [0.4, 0.5) is 5.69 Å². The first-order valence-electron chi connectivity index (χ1n) is 8.70. The monoisotopic (exact) mass is 431 g/mol. The Labute approximate surface area is 170 Å². The Morgan fingerprint density at radius 3 is 2.56 bits per heavy atom. The van der Waals surface area contributed by atoms with Crippen LogP contribution in [0.1, 0.15) is 32.3 Å². The first-order chi connectivity index (χ1) is 12.8. The van der Waals surface area contributed by atoms with Crippen LogP contribution >= 0.6 is 23.2 Å². The van der Waals surface area contributed by atoms with E-state index < -0.39 is 9.84 Å². The molecular weight excluding hydrogens is 409 g/mol. The third-order valence-corrected chi connectivity index (χ3v) is 6.52. The molecular formula is C19H23Cl2NO4S. The zero-order valence-electron chi connectivity index (χ0n) is 15.3. The molecule has 0 bridgehead atoms. The summed E-state index contributed by atoms with van der Waals surface area (Å²) < 4.78 is 31.3. The minimum absolute atomic E-state index is 0.00610. The highest BCUT2D eigenvalue weighted by Crippen LogP contribution is 2.41.